The van der Waals surface area contributed by atoms with Gasteiger partial charge >= 0.3 is 0 Å². The molecule has 2 aliphatic heterocycles. The Morgan fingerprint density at radius 3 is 2.94 bits per heavy atom. The predicted molar refractivity (Wildman–Crippen MR) is 133 cm³/mol. The number of benzene rings is 1. The maximum Gasteiger partial charge on any atom is 0.234 e. The van der Waals surface area contributed by atoms with Crippen molar-refractivity contribution in [3.63, 3.8) is 0 Å². The number of carbonyl (C=O) groups is 1. The normalized spacial score (nSPS) is 20.4. The largest absolute Gasteiger partial charge is 0.462 e. The number of aromatic nitrogens is 3. The summed E-state index contributed by atoms with van der Waals surface area (Å²) >= 11 is 0. The fourth-order valence-electron chi connectivity index (χ4n) is 5.16. The molecule has 0 radical (unpaired) electrons. The number of ether oxygens (including phenoxy) is 1. The molecule has 1 amide bonds. The van der Waals surface area contributed by atoms with Crippen LogP contribution in [0.25, 0.3) is 10.9 Å². The molecule has 7 heteroatoms. The van der Waals surface area contributed by atoms with E-state index in [1.807, 2.05) is 26.4 Å². The summed E-state index contributed by atoms with van der Waals surface area (Å²) in [6.07, 6.45) is 13.2. The molecular weight excluding hydrogens is 426 g/mol. The van der Waals surface area contributed by atoms with E-state index in [0.717, 1.165) is 43.0 Å². The van der Waals surface area contributed by atoms with Gasteiger partial charge < -0.3 is 19.2 Å². The molecule has 178 valence electrons. The molecule has 1 atom stereocenters. The lowest BCUT2D eigenvalue weighted by Gasteiger charge is -2.35. The monoisotopic (exact) mass is 459 g/mol. The Bertz CT molecular complexity index is 1270. The van der Waals surface area contributed by atoms with E-state index in [2.05, 4.69) is 67.9 Å². The Hall–Kier alpha value is -3.32. The Labute approximate surface area is 200 Å². The molecule has 7 nitrogen and oxygen atoms in total. The van der Waals surface area contributed by atoms with Crippen molar-refractivity contribution in [2.24, 2.45) is 7.05 Å². The number of nitrogens with zero attached hydrogens (tertiary/aromatic N) is 4. The van der Waals surface area contributed by atoms with Crippen molar-refractivity contribution in [3.05, 3.63) is 71.7 Å². The van der Waals surface area contributed by atoms with Gasteiger partial charge in [-0.15, -0.1) is 0 Å². The summed E-state index contributed by atoms with van der Waals surface area (Å²) in [6, 6.07) is 6.59. The molecule has 1 aromatic carbocycles. The lowest BCUT2D eigenvalue weighted by atomic mass is 10.0. The van der Waals surface area contributed by atoms with Crippen molar-refractivity contribution < 1.29 is 9.53 Å². The summed E-state index contributed by atoms with van der Waals surface area (Å²) < 4.78 is 10.7. The fraction of sp³-hybridized carbons (Fsp3) is 0.407. The van der Waals surface area contributed by atoms with Crippen molar-refractivity contribution in [2.75, 3.05) is 13.1 Å². The van der Waals surface area contributed by atoms with Crippen LogP contribution in [0.15, 0.2) is 60.4 Å². The van der Waals surface area contributed by atoms with E-state index < -0.39 is 0 Å². The van der Waals surface area contributed by atoms with Gasteiger partial charge in [0.25, 0.3) is 0 Å². The number of aryl methyl sites for hydroxylation is 1. The van der Waals surface area contributed by atoms with Crippen LogP contribution in [0.2, 0.25) is 0 Å². The lowest BCUT2D eigenvalue weighted by Crippen LogP contribution is -2.54. The Kier molecular flexibility index (Phi) is 6.28. The number of fused-ring (bicyclic) bond motifs is 4. The SMILES string of the molecule is CC.Cn1cc2c3cc(ccc31)OC1=CC(=CCC1)Cn1cncc1CN1CC(=O)NCC1C2. The highest BCUT2D eigenvalue weighted by molar-refractivity contribution is 5.85. The van der Waals surface area contributed by atoms with Gasteiger partial charge in [-0.3, -0.25) is 9.69 Å². The molecule has 3 aromatic rings. The first-order chi connectivity index (χ1) is 16.6. The van der Waals surface area contributed by atoms with E-state index in [0.29, 0.717) is 19.6 Å². The summed E-state index contributed by atoms with van der Waals surface area (Å²) in [7, 11) is 2.09. The highest BCUT2D eigenvalue weighted by atomic mass is 16.5. The van der Waals surface area contributed by atoms with Crippen LogP contribution in [-0.2, 0) is 31.4 Å². The molecule has 4 heterocycles. The Morgan fingerprint density at radius 1 is 1.18 bits per heavy atom. The van der Waals surface area contributed by atoms with Crippen molar-refractivity contribution in [2.45, 2.75) is 52.2 Å². The number of piperazine rings is 1. The molecule has 0 saturated carbocycles. The average Bonchev–Trinajstić information content (AvgIpc) is 3.40. The predicted octanol–water partition coefficient (Wildman–Crippen LogP) is 3.94. The van der Waals surface area contributed by atoms with Crippen molar-refractivity contribution >= 4 is 16.8 Å². The van der Waals surface area contributed by atoms with Crippen LogP contribution in [0, 0.1) is 0 Å². The molecule has 6 rings (SSSR count). The molecule has 1 unspecified atom stereocenters. The number of rotatable bonds is 0. The first-order valence-electron chi connectivity index (χ1n) is 12.3. The number of nitrogens with one attached hydrogen (secondary N) is 1. The number of amides is 1. The van der Waals surface area contributed by atoms with Crippen LogP contribution in [0.5, 0.6) is 5.75 Å². The lowest BCUT2D eigenvalue weighted by molar-refractivity contribution is -0.125. The number of hydrogen-bond acceptors (Lipinski definition) is 4. The molecule has 3 aliphatic rings. The van der Waals surface area contributed by atoms with Crippen LogP contribution < -0.4 is 10.1 Å². The van der Waals surface area contributed by atoms with E-state index in [9.17, 15) is 4.79 Å². The summed E-state index contributed by atoms with van der Waals surface area (Å²) in [5.41, 5.74) is 4.83. The zero-order chi connectivity index (χ0) is 23.7. The third kappa shape index (κ3) is 4.40. The molecule has 1 aliphatic carbocycles. The fourth-order valence-corrected chi connectivity index (χ4v) is 5.16. The molecule has 4 bridgehead atoms. The van der Waals surface area contributed by atoms with Crippen molar-refractivity contribution in [3.8, 4) is 5.75 Å². The highest BCUT2D eigenvalue weighted by Gasteiger charge is 2.28. The minimum atomic E-state index is 0.0846. The minimum Gasteiger partial charge on any atom is -0.462 e. The molecular formula is C27H33N5O2. The van der Waals surface area contributed by atoms with Crippen molar-refractivity contribution in [1.29, 1.82) is 0 Å². The second kappa shape index (κ2) is 9.50. The molecule has 34 heavy (non-hydrogen) atoms. The summed E-state index contributed by atoms with van der Waals surface area (Å²) in [6.45, 7) is 6.51. The van der Waals surface area contributed by atoms with Gasteiger partial charge in [-0.25, -0.2) is 4.98 Å². The van der Waals surface area contributed by atoms with Gasteiger partial charge in [0.2, 0.25) is 5.91 Å². The van der Waals surface area contributed by atoms with E-state index in [1.165, 1.54) is 22.0 Å². The summed E-state index contributed by atoms with van der Waals surface area (Å²) in [4.78, 5) is 19.0. The van der Waals surface area contributed by atoms with Crippen LogP contribution in [0.3, 0.4) is 0 Å². The third-order valence-electron chi connectivity index (χ3n) is 6.81. The van der Waals surface area contributed by atoms with E-state index >= 15 is 0 Å². The first kappa shape index (κ1) is 22.5. The quantitative estimate of drug-likeness (QED) is 0.553. The molecule has 1 saturated heterocycles. The average molecular weight is 460 g/mol. The van der Waals surface area contributed by atoms with Crippen LogP contribution >= 0.6 is 0 Å². The van der Waals surface area contributed by atoms with Crippen molar-refractivity contribution in [1.82, 2.24) is 24.3 Å². The molecule has 0 spiro atoms. The van der Waals surface area contributed by atoms with Gasteiger partial charge in [0.15, 0.2) is 0 Å². The minimum absolute atomic E-state index is 0.0846. The standard InChI is InChI=1S/C25H27N5O2.C2H6/c1-28-13-18-8-19-11-27-25(31)15-29(19)14-20-10-26-16-30(20)12-17-3-2-4-21(7-17)32-22-5-6-24(28)23(18)9-22;1-2/h3,5-7,9-10,13,16,19H,2,4,8,11-12,14-15H2,1H3,(H,27,31);1-2H3. The zero-order valence-electron chi connectivity index (χ0n) is 20.3. The molecule has 1 fully saturated rings. The van der Waals surface area contributed by atoms with Crippen LogP contribution in [-0.4, -0.2) is 44.1 Å². The van der Waals surface area contributed by atoms with Gasteiger partial charge in [0.05, 0.1) is 18.6 Å². The topological polar surface area (TPSA) is 64.3 Å². The Balaban J connectivity index is 0.00000117. The molecule has 2 aromatic heterocycles. The number of imidazole rings is 1. The second-order valence-electron chi connectivity index (χ2n) is 9.05. The van der Waals surface area contributed by atoms with Gasteiger partial charge in [-0.1, -0.05) is 19.9 Å². The maximum atomic E-state index is 12.3. The Morgan fingerprint density at radius 2 is 2.06 bits per heavy atom. The van der Waals surface area contributed by atoms with Gasteiger partial charge in [0, 0.05) is 62.4 Å². The van der Waals surface area contributed by atoms with E-state index in [4.69, 9.17) is 4.74 Å². The third-order valence-corrected chi connectivity index (χ3v) is 6.81. The van der Waals surface area contributed by atoms with E-state index in [1.54, 1.807) is 0 Å². The van der Waals surface area contributed by atoms with E-state index in [-0.39, 0.29) is 11.9 Å². The summed E-state index contributed by atoms with van der Waals surface area (Å²) in [5.74, 6) is 1.97. The number of allylic oxidation sites excluding steroid dienone is 4. The number of hydrogen-bond donors (Lipinski definition) is 1. The second-order valence-corrected chi connectivity index (χ2v) is 9.05. The van der Waals surface area contributed by atoms with Crippen LogP contribution in [0.1, 0.15) is 37.9 Å². The summed E-state index contributed by atoms with van der Waals surface area (Å²) in [5, 5.41) is 4.28. The van der Waals surface area contributed by atoms with Gasteiger partial charge in [-0.05, 0) is 48.3 Å². The molecule has 1 N–H and O–H groups in total. The number of carbonyl (C=O) groups excluding carboxylic acids is 1. The van der Waals surface area contributed by atoms with Gasteiger partial charge in [-0.2, -0.15) is 0 Å². The first-order valence-corrected chi connectivity index (χ1v) is 12.3. The highest BCUT2D eigenvalue weighted by Crippen LogP contribution is 2.30. The smallest absolute Gasteiger partial charge is 0.234 e. The van der Waals surface area contributed by atoms with Crippen LogP contribution in [0.4, 0.5) is 0 Å². The maximum absolute atomic E-state index is 12.3. The zero-order valence-corrected chi connectivity index (χ0v) is 20.3. The van der Waals surface area contributed by atoms with Gasteiger partial charge in [0.1, 0.15) is 11.5 Å².